The Morgan fingerprint density at radius 3 is 2.50 bits per heavy atom. The Labute approximate surface area is 185 Å². The van der Waals surface area contributed by atoms with Gasteiger partial charge < -0.3 is 14.5 Å². The van der Waals surface area contributed by atoms with Crippen molar-refractivity contribution >= 4 is 40.9 Å². The molecule has 0 spiro atoms. The molecular formula is C21H29N3O4S2. The number of carbonyl (C=O) groups is 3. The van der Waals surface area contributed by atoms with Gasteiger partial charge in [0.1, 0.15) is 5.69 Å². The first-order valence-corrected chi connectivity index (χ1v) is 12.8. The molecule has 1 unspecified atom stereocenters. The van der Waals surface area contributed by atoms with Gasteiger partial charge in [0.25, 0.3) is 5.91 Å². The van der Waals surface area contributed by atoms with Gasteiger partial charge in [0.2, 0.25) is 5.91 Å². The van der Waals surface area contributed by atoms with Crippen molar-refractivity contribution in [3.63, 3.8) is 0 Å². The van der Waals surface area contributed by atoms with E-state index in [0.717, 1.165) is 49.5 Å². The molecule has 164 valence electrons. The number of esters is 1. The second kappa shape index (κ2) is 9.68. The molecule has 4 rings (SSSR count). The quantitative estimate of drug-likeness (QED) is 0.655. The molecule has 2 saturated heterocycles. The molecule has 30 heavy (non-hydrogen) atoms. The van der Waals surface area contributed by atoms with Crippen LogP contribution in [0.3, 0.4) is 0 Å². The molecule has 7 nitrogen and oxygen atoms in total. The predicted octanol–water partition coefficient (Wildman–Crippen LogP) is 3.12. The van der Waals surface area contributed by atoms with Crippen LogP contribution in [0.4, 0.5) is 0 Å². The van der Waals surface area contributed by atoms with Crippen molar-refractivity contribution in [1.29, 1.82) is 0 Å². The molecule has 1 aromatic heterocycles. The molecule has 0 N–H and O–H groups in total. The van der Waals surface area contributed by atoms with E-state index in [1.165, 1.54) is 49.5 Å². The minimum atomic E-state index is -0.582. The average molecular weight is 452 g/mol. The smallest absolute Gasteiger partial charge is 0.339 e. The second-order valence-electron chi connectivity index (χ2n) is 8.25. The summed E-state index contributed by atoms with van der Waals surface area (Å²) in [4.78, 5) is 45.8. The number of amides is 2. The SMILES string of the molecule is COC(=O)C1SCCN1C(=O)c1csc(C2CCN(C(=O)C3CCCCC3)CC2)n1. The molecule has 0 bridgehead atoms. The van der Waals surface area contributed by atoms with E-state index in [-0.39, 0.29) is 17.7 Å². The number of likely N-dealkylation sites (tertiary alicyclic amines) is 1. The molecule has 0 radical (unpaired) electrons. The van der Waals surface area contributed by atoms with Gasteiger partial charge in [-0.1, -0.05) is 19.3 Å². The number of methoxy groups -OCH3 is 1. The number of hydrogen-bond acceptors (Lipinski definition) is 7. The standard InChI is InChI=1S/C21H29N3O4S2/c1-28-21(27)20-24(11-12-29-20)19(26)16-13-30-17(22-16)14-7-9-23(10-8-14)18(25)15-5-3-2-4-6-15/h13-15,20H,2-12H2,1H3. The first-order valence-electron chi connectivity index (χ1n) is 10.8. The minimum Gasteiger partial charge on any atom is -0.467 e. The predicted molar refractivity (Wildman–Crippen MR) is 117 cm³/mol. The molecule has 1 atom stereocenters. The van der Waals surface area contributed by atoms with Crippen molar-refractivity contribution in [3.05, 3.63) is 16.1 Å². The number of thiazole rings is 1. The fourth-order valence-electron chi connectivity index (χ4n) is 4.65. The van der Waals surface area contributed by atoms with Gasteiger partial charge in [-0.3, -0.25) is 9.59 Å². The third-order valence-corrected chi connectivity index (χ3v) is 8.59. The van der Waals surface area contributed by atoms with Crippen molar-refractivity contribution in [2.24, 2.45) is 5.92 Å². The third kappa shape index (κ3) is 4.51. The van der Waals surface area contributed by atoms with E-state index in [1.54, 1.807) is 10.3 Å². The van der Waals surface area contributed by atoms with Crippen LogP contribution in [-0.2, 0) is 14.3 Å². The first kappa shape index (κ1) is 21.6. The van der Waals surface area contributed by atoms with Crippen LogP contribution >= 0.6 is 23.1 Å². The zero-order valence-corrected chi connectivity index (χ0v) is 19.0. The number of ether oxygens (including phenoxy) is 1. The highest BCUT2D eigenvalue weighted by Crippen LogP contribution is 2.33. The maximum atomic E-state index is 12.9. The molecule has 3 fully saturated rings. The lowest BCUT2D eigenvalue weighted by Crippen LogP contribution is -2.42. The normalized spacial score (nSPS) is 23.6. The fourth-order valence-corrected chi connectivity index (χ4v) is 6.75. The van der Waals surface area contributed by atoms with Crippen LogP contribution in [0.25, 0.3) is 0 Å². The van der Waals surface area contributed by atoms with E-state index in [0.29, 0.717) is 18.1 Å². The van der Waals surface area contributed by atoms with Gasteiger partial charge in [-0.2, -0.15) is 0 Å². The maximum absolute atomic E-state index is 12.9. The average Bonchev–Trinajstić information content (AvgIpc) is 3.48. The Morgan fingerprint density at radius 2 is 1.80 bits per heavy atom. The molecule has 9 heteroatoms. The Bertz CT molecular complexity index is 785. The summed E-state index contributed by atoms with van der Waals surface area (Å²) in [7, 11) is 1.34. The summed E-state index contributed by atoms with van der Waals surface area (Å²) >= 11 is 2.94. The lowest BCUT2D eigenvalue weighted by Gasteiger charge is -2.34. The Balaban J connectivity index is 1.34. The lowest BCUT2D eigenvalue weighted by molar-refractivity contribution is -0.142. The van der Waals surface area contributed by atoms with Crippen LogP contribution < -0.4 is 0 Å². The monoisotopic (exact) mass is 451 g/mol. The van der Waals surface area contributed by atoms with Gasteiger partial charge in [0.05, 0.1) is 12.1 Å². The maximum Gasteiger partial charge on any atom is 0.339 e. The number of hydrogen-bond donors (Lipinski definition) is 0. The zero-order valence-electron chi connectivity index (χ0n) is 17.4. The van der Waals surface area contributed by atoms with Crippen LogP contribution in [-0.4, -0.2) is 70.4 Å². The molecule has 2 aliphatic heterocycles. The van der Waals surface area contributed by atoms with Crippen molar-refractivity contribution in [1.82, 2.24) is 14.8 Å². The number of aromatic nitrogens is 1. The highest BCUT2D eigenvalue weighted by Gasteiger charge is 2.37. The molecule has 2 amide bonds. The van der Waals surface area contributed by atoms with Gasteiger partial charge in [-0.15, -0.1) is 23.1 Å². The molecular weight excluding hydrogens is 422 g/mol. The van der Waals surface area contributed by atoms with Gasteiger partial charge in [-0.25, -0.2) is 9.78 Å². The van der Waals surface area contributed by atoms with Crippen LogP contribution in [0.1, 0.15) is 66.4 Å². The number of piperidine rings is 1. The van der Waals surface area contributed by atoms with Gasteiger partial charge >= 0.3 is 5.97 Å². The van der Waals surface area contributed by atoms with Crippen molar-refractivity contribution < 1.29 is 19.1 Å². The Hall–Kier alpha value is -1.61. The van der Waals surface area contributed by atoms with E-state index < -0.39 is 11.3 Å². The van der Waals surface area contributed by atoms with Crippen LogP contribution in [0.2, 0.25) is 0 Å². The molecule has 1 aliphatic carbocycles. The largest absolute Gasteiger partial charge is 0.467 e. The van der Waals surface area contributed by atoms with Crippen LogP contribution in [0, 0.1) is 5.92 Å². The summed E-state index contributed by atoms with van der Waals surface area (Å²) in [6.07, 6.45) is 7.47. The highest BCUT2D eigenvalue weighted by atomic mass is 32.2. The summed E-state index contributed by atoms with van der Waals surface area (Å²) in [6, 6.07) is 0. The van der Waals surface area contributed by atoms with Gasteiger partial charge in [0.15, 0.2) is 5.37 Å². The molecule has 1 saturated carbocycles. The van der Waals surface area contributed by atoms with E-state index in [9.17, 15) is 14.4 Å². The van der Waals surface area contributed by atoms with Gasteiger partial charge in [0, 0.05) is 42.6 Å². The van der Waals surface area contributed by atoms with E-state index >= 15 is 0 Å². The first-order chi connectivity index (χ1) is 14.6. The van der Waals surface area contributed by atoms with Crippen LogP contribution in [0.15, 0.2) is 5.38 Å². The summed E-state index contributed by atoms with van der Waals surface area (Å²) in [5.74, 6) is 0.968. The molecule has 3 heterocycles. The van der Waals surface area contributed by atoms with Crippen molar-refractivity contribution in [2.75, 3.05) is 32.5 Å². The van der Waals surface area contributed by atoms with Gasteiger partial charge in [-0.05, 0) is 25.7 Å². The minimum absolute atomic E-state index is 0.206. The molecule has 1 aromatic rings. The number of rotatable bonds is 4. The summed E-state index contributed by atoms with van der Waals surface area (Å²) in [5, 5.41) is 2.18. The Kier molecular flexibility index (Phi) is 6.98. The topological polar surface area (TPSA) is 79.8 Å². The van der Waals surface area contributed by atoms with Crippen LogP contribution in [0.5, 0.6) is 0 Å². The highest BCUT2D eigenvalue weighted by molar-refractivity contribution is 8.00. The summed E-state index contributed by atoms with van der Waals surface area (Å²) in [5.41, 5.74) is 0.409. The Morgan fingerprint density at radius 1 is 1.07 bits per heavy atom. The zero-order chi connectivity index (χ0) is 21.1. The van der Waals surface area contributed by atoms with E-state index in [4.69, 9.17) is 4.74 Å². The van der Waals surface area contributed by atoms with E-state index in [2.05, 4.69) is 4.98 Å². The number of thioether (sulfide) groups is 1. The van der Waals surface area contributed by atoms with Crippen molar-refractivity contribution in [3.8, 4) is 0 Å². The summed E-state index contributed by atoms with van der Waals surface area (Å²) < 4.78 is 4.82. The molecule has 0 aromatic carbocycles. The number of carbonyl (C=O) groups excluding carboxylic acids is 3. The molecule has 3 aliphatic rings. The fraction of sp³-hybridized carbons (Fsp3) is 0.714. The summed E-state index contributed by atoms with van der Waals surface area (Å²) in [6.45, 7) is 2.07. The second-order valence-corrected chi connectivity index (χ2v) is 10.3. The third-order valence-electron chi connectivity index (χ3n) is 6.41. The van der Waals surface area contributed by atoms with Crippen molar-refractivity contribution in [2.45, 2.75) is 56.2 Å². The lowest BCUT2D eigenvalue weighted by atomic mass is 9.87. The number of nitrogens with zero attached hydrogens (tertiary/aromatic N) is 3. The van der Waals surface area contributed by atoms with E-state index in [1.807, 2.05) is 4.90 Å².